The molecule has 7 nitrogen and oxygen atoms in total. The SMILES string of the molecule is COc1ccccc1-c1c(S(=O)(=O)NC(=O)CCc2ccccc2)ccc(C=O)c1OC. The van der Waals surface area contributed by atoms with Gasteiger partial charge in [-0.15, -0.1) is 0 Å². The molecule has 3 aromatic rings. The van der Waals surface area contributed by atoms with Crippen LogP contribution in [-0.4, -0.2) is 34.8 Å². The Labute approximate surface area is 187 Å². The van der Waals surface area contributed by atoms with E-state index in [0.717, 1.165) is 5.56 Å². The topological polar surface area (TPSA) is 98.8 Å². The standard InChI is InChI=1S/C24H23NO6S/c1-30-20-11-7-6-10-19(20)23-21(14-13-18(16-26)24(23)31-2)32(28,29)25-22(27)15-12-17-8-4-3-5-9-17/h3-11,13-14,16H,12,15H2,1-2H3,(H,25,27). The minimum atomic E-state index is -4.28. The Hall–Kier alpha value is -3.65. The average molecular weight is 454 g/mol. The number of carbonyl (C=O) groups excluding carboxylic acids is 2. The quantitative estimate of drug-likeness (QED) is 0.497. The van der Waals surface area contributed by atoms with E-state index in [0.29, 0.717) is 24.0 Å². The smallest absolute Gasteiger partial charge is 0.264 e. The zero-order valence-corrected chi connectivity index (χ0v) is 18.5. The van der Waals surface area contributed by atoms with Gasteiger partial charge in [0.05, 0.1) is 24.7 Å². The molecular weight excluding hydrogens is 430 g/mol. The van der Waals surface area contributed by atoms with Crippen LogP contribution in [0, 0.1) is 0 Å². The fraction of sp³-hybridized carbons (Fsp3) is 0.167. The van der Waals surface area contributed by atoms with E-state index in [1.165, 1.54) is 26.4 Å². The number of benzene rings is 3. The Kier molecular flexibility index (Phi) is 7.27. The first-order valence-electron chi connectivity index (χ1n) is 9.80. The first-order chi connectivity index (χ1) is 15.4. The zero-order valence-electron chi connectivity index (χ0n) is 17.7. The monoisotopic (exact) mass is 453 g/mol. The van der Waals surface area contributed by atoms with Crippen LogP contribution in [0.15, 0.2) is 71.6 Å². The predicted octanol–water partition coefficient (Wildman–Crippen LogP) is 3.62. The lowest BCUT2D eigenvalue weighted by Gasteiger charge is -2.18. The highest BCUT2D eigenvalue weighted by atomic mass is 32.2. The van der Waals surface area contributed by atoms with Crippen LogP contribution in [0.4, 0.5) is 0 Å². The number of methoxy groups -OCH3 is 2. The molecule has 0 atom stereocenters. The van der Waals surface area contributed by atoms with Crippen LogP contribution in [0.3, 0.4) is 0 Å². The van der Waals surface area contributed by atoms with Gasteiger partial charge >= 0.3 is 0 Å². The number of aryl methyl sites for hydroxylation is 1. The second-order valence-electron chi connectivity index (χ2n) is 6.89. The van der Waals surface area contributed by atoms with E-state index in [1.807, 2.05) is 30.3 Å². The Morgan fingerprint density at radius 1 is 0.938 bits per heavy atom. The third-order valence-corrected chi connectivity index (χ3v) is 6.29. The summed E-state index contributed by atoms with van der Waals surface area (Å²) in [6, 6.07) is 18.7. The molecule has 0 aliphatic heterocycles. The maximum absolute atomic E-state index is 13.2. The number of ether oxygens (including phenoxy) is 2. The summed E-state index contributed by atoms with van der Waals surface area (Å²) in [7, 11) is -1.48. The van der Waals surface area contributed by atoms with Crippen molar-refractivity contribution in [1.29, 1.82) is 0 Å². The Morgan fingerprint density at radius 2 is 1.62 bits per heavy atom. The summed E-state index contributed by atoms with van der Waals surface area (Å²) in [6.45, 7) is 0. The number of rotatable bonds is 9. The highest BCUT2D eigenvalue weighted by Gasteiger charge is 2.27. The van der Waals surface area contributed by atoms with Crippen molar-refractivity contribution in [2.75, 3.05) is 14.2 Å². The van der Waals surface area contributed by atoms with Crippen LogP contribution in [0.1, 0.15) is 22.3 Å². The van der Waals surface area contributed by atoms with Crippen molar-refractivity contribution < 1.29 is 27.5 Å². The predicted molar refractivity (Wildman–Crippen MR) is 120 cm³/mol. The molecule has 1 N–H and O–H groups in total. The largest absolute Gasteiger partial charge is 0.496 e. The first-order valence-corrected chi connectivity index (χ1v) is 11.3. The van der Waals surface area contributed by atoms with E-state index in [4.69, 9.17) is 9.47 Å². The molecular formula is C24H23NO6S. The van der Waals surface area contributed by atoms with E-state index < -0.39 is 15.9 Å². The molecule has 166 valence electrons. The number of hydrogen-bond acceptors (Lipinski definition) is 6. The van der Waals surface area contributed by atoms with Crippen molar-refractivity contribution in [2.24, 2.45) is 0 Å². The van der Waals surface area contributed by atoms with Crippen LogP contribution in [0.25, 0.3) is 11.1 Å². The Balaban J connectivity index is 2.02. The fourth-order valence-corrected chi connectivity index (χ4v) is 4.61. The third kappa shape index (κ3) is 4.97. The summed E-state index contributed by atoms with van der Waals surface area (Å²) in [5.41, 5.74) is 1.64. The molecule has 0 saturated heterocycles. The number of para-hydroxylation sites is 1. The molecule has 0 aliphatic carbocycles. The van der Waals surface area contributed by atoms with Crippen molar-refractivity contribution in [2.45, 2.75) is 17.7 Å². The van der Waals surface area contributed by atoms with E-state index in [1.54, 1.807) is 24.3 Å². The van der Waals surface area contributed by atoms with Crippen molar-refractivity contribution in [1.82, 2.24) is 4.72 Å². The van der Waals surface area contributed by atoms with Crippen LogP contribution in [0.5, 0.6) is 11.5 Å². The summed E-state index contributed by atoms with van der Waals surface area (Å²) in [4.78, 5) is 23.8. The molecule has 0 aliphatic rings. The maximum Gasteiger partial charge on any atom is 0.264 e. The lowest BCUT2D eigenvalue weighted by atomic mass is 10.0. The molecule has 0 saturated carbocycles. The summed E-state index contributed by atoms with van der Waals surface area (Å²) in [6.07, 6.45) is 0.971. The second-order valence-corrected chi connectivity index (χ2v) is 8.54. The first kappa shape index (κ1) is 23.0. The molecule has 0 unspecified atom stereocenters. The third-order valence-electron chi connectivity index (χ3n) is 4.88. The second kappa shape index (κ2) is 10.1. The average Bonchev–Trinajstić information content (AvgIpc) is 2.82. The van der Waals surface area contributed by atoms with Crippen LogP contribution >= 0.6 is 0 Å². The minimum absolute atomic E-state index is 0.00318. The number of amides is 1. The lowest BCUT2D eigenvalue weighted by molar-refractivity contribution is -0.119. The summed E-state index contributed by atoms with van der Waals surface area (Å²) in [5.74, 6) is -0.178. The molecule has 32 heavy (non-hydrogen) atoms. The van der Waals surface area contributed by atoms with Crippen molar-refractivity contribution in [3.8, 4) is 22.6 Å². The summed E-state index contributed by atoms with van der Waals surface area (Å²) < 4.78 is 39.3. The number of hydrogen-bond donors (Lipinski definition) is 1. The van der Waals surface area contributed by atoms with Gasteiger partial charge < -0.3 is 9.47 Å². The summed E-state index contributed by atoms with van der Waals surface area (Å²) in [5, 5.41) is 0. The molecule has 3 aromatic carbocycles. The molecule has 0 radical (unpaired) electrons. The molecule has 8 heteroatoms. The van der Waals surface area contributed by atoms with Crippen LogP contribution < -0.4 is 14.2 Å². The van der Waals surface area contributed by atoms with Gasteiger partial charge in [-0.25, -0.2) is 13.1 Å². The van der Waals surface area contributed by atoms with Crippen LogP contribution in [-0.2, 0) is 21.2 Å². The normalized spacial score (nSPS) is 10.9. The number of carbonyl (C=O) groups is 2. The molecule has 0 spiro atoms. The van der Waals surface area contributed by atoms with Crippen molar-refractivity contribution in [3.63, 3.8) is 0 Å². The zero-order chi connectivity index (χ0) is 23.1. The van der Waals surface area contributed by atoms with Gasteiger partial charge in [0.15, 0.2) is 6.29 Å². The molecule has 0 fully saturated rings. The highest BCUT2D eigenvalue weighted by Crippen LogP contribution is 2.42. The van der Waals surface area contributed by atoms with E-state index in [9.17, 15) is 18.0 Å². The Bertz CT molecular complexity index is 1220. The van der Waals surface area contributed by atoms with E-state index in [2.05, 4.69) is 4.72 Å². The molecule has 1 amide bonds. The fourth-order valence-electron chi connectivity index (χ4n) is 3.38. The number of sulfonamides is 1. The molecule has 0 aromatic heterocycles. The van der Waals surface area contributed by atoms with Gasteiger partial charge in [-0.1, -0.05) is 48.5 Å². The van der Waals surface area contributed by atoms with Gasteiger partial charge in [-0.2, -0.15) is 0 Å². The van der Waals surface area contributed by atoms with Gasteiger partial charge in [0.25, 0.3) is 10.0 Å². The van der Waals surface area contributed by atoms with Crippen molar-refractivity contribution >= 4 is 22.2 Å². The number of nitrogens with one attached hydrogen (secondary N) is 1. The van der Waals surface area contributed by atoms with Gasteiger partial charge in [-0.05, 0) is 30.2 Å². The van der Waals surface area contributed by atoms with Gasteiger partial charge in [0.1, 0.15) is 11.5 Å². The maximum atomic E-state index is 13.2. The molecule has 3 rings (SSSR count). The molecule has 0 bridgehead atoms. The highest BCUT2D eigenvalue weighted by molar-refractivity contribution is 7.90. The van der Waals surface area contributed by atoms with Gasteiger partial charge in [0.2, 0.25) is 5.91 Å². The lowest BCUT2D eigenvalue weighted by Crippen LogP contribution is -2.31. The minimum Gasteiger partial charge on any atom is -0.496 e. The summed E-state index contributed by atoms with van der Waals surface area (Å²) >= 11 is 0. The molecule has 0 heterocycles. The van der Waals surface area contributed by atoms with Gasteiger partial charge in [0, 0.05) is 17.5 Å². The van der Waals surface area contributed by atoms with Crippen LogP contribution in [0.2, 0.25) is 0 Å². The van der Waals surface area contributed by atoms with E-state index in [-0.39, 0.29) is 28.2 Å². The number of aldehydes is 1. The van der Waals surface area contributed by atoms with E-state index >= 15 is 0 Å². The van der Waals surface area contributed by atoms with Gasteiger partial charge in [-0.3, -0.25) is 9.59 Å². The van der Waals surface area contributed by atoms with Crippen molar-refractivity contribution in [3.05, 3.63) is 77.9 Å². The Morgan fingerprint density at radius 3 is 2.28 bits per heavy atom.